The van der Waals surface area contributed by atoms with Crippen molar-refractivity contribution in [2.75, 3.05) is 13.1 Å². The second kappa shape index (κ2) is 7.38. The number of hydrogen-bond donors (Lipinski definition) is 1. The van der Waals surface area contributed by atoms with Gasteiger partial charge in [-0.05, 0) is 37.8 Å². The maximum absolute atomic E-state index is 12.5. The van der Waals surface area contributed by atoms with Crippen LogP contribution in [-0.4, -0.2) is 34.8 Å². The number of carbonyl (C=O) groups is 2. The Bertz CT molecular complexity index is 536. The van der Waals surface area contributed by atoms with Crippen LogP contribution in [0.3, 0.4) is 0 Å². The fraction of sp³-hybridized carbons (Fsp3) is 0.588. The van der Waals surface area contributed by atoms with Crippen molar-refractivity contribution in [2.45, 2.75) is 46.1 Å². The third kappa shape index (κ3) is 3.84. The number of pyridine rings is 1. The van der Waals surface area contributed by atoms with Crippen LogP contribution in [0.4, 0.5) is 0 Å². The number of rotatable bonds is 4. The van der Waals surface area contributed by atoms with Gasteiger partial charge in [-0.3, -0.25) is 14.6 Å². The Kier molecular flexibility index (Phi) is 5.52. The van der Waals surface area contributed by atoms with Crippen LogP contribution in [0.25, 0.3) is 0 Å². The molecule has 0 spiro atoms. The van der Waals surface area contributed by atoms with Crippen molar-refractivity contribution in [1.82, 2.24) is 15.2 Å². The molecule has 0 aromatic carbocycles. The minimum Gasteiger partial charge on any atom is -0.347 e. The minimum atomic E-state index is -0.0421. The molecule has 0 aliphatic carbocycles. The van der Waals surface area contributed by atoms with E-state index in [2.05, 4.69) is 17.2 Å². The van der Waals surface area contributed by atoms with Gasteiger partial charge in [0.1, 0.15) is 0 Å². The molecule has 22 heavy (non-hydrogen) atoms. The van der Waals surface area contributed by atoms with Crippen LogP contribution in [0.1, 0.15) is 50.4 Å². The Morgan fingerprint density at radius 1 is 1.41 bits per heavy atom. The van der Waals surface area contributed by atoms with E-state index < -0.39 is 0 Å². The topological polar surface area (TPSA) is 62.3 Å². The van der Waals surface area contributed by atoms with Gasteiger partial charge in [-0.25, -0.2) is 0 Å². The molecule has 0 radical (unpaired) electrons. The highest BCUT2D eigenvalue weighted by atomic mass is 16.2. The smallest absolute Gasteiger partial charge is 0.223 e. The van der Waals surface area contributed by atoms with Crippen molar-refractivity contribution in [3.63, 3.8) is 0 Å². The molecule has 1 saturated heterocycles. The van der Waals surface area contributed by atoms with Crippen molar-refractivity contribution in [1.29, 1.82) is 0 Å². The lowest BCUT2D eigenvalue weighted by molar-refractivity contribution is -0.134. The molecule has 2 amide bonds. The van der Waals surface area contributed by atoms with Gasteiger partial charge in [0, 0.05) is 32.1 Å². The fourth-order valence-corrected chi connectivity index (χ4v) is 2.97. The summed E-state index contributed by atoms with van der Waals surface area (Å²) in [6.07, 6.45) is 4.06. The predicted octanol–water partition coefficient (Wildman–Crippen LogP) is 2.22. The lowest BCUT2D eigenvalue weighted by Gasteiger charge is -2.31. The highest BCUT2D eigenvalue weighted by Gasteiger charge is 2.27. The number of carbonyl (C=O) groups excluding carboxylic acids is 2. The van der Waals surface area contributed by atoms with Gasteiger partial charge in [-0.2, -0.15) is 0 Å². The molecular formula is C17H25N3O2. The van der Waals surface area contributed by atoms with Gasteiger partial charge in [-0.1, -0.05) is 13.0 Å². The van der Waals surface area contributed by atoms with Gasteiger partial charge >= 0.3 is 0 Å². The zero-order chi connectivity index (χ0) is 16.1. The van der Waals surface area contributed by atoms with Crippen molar-refractivity contribution < 1.29 is 9.59 Å². The number of piperidine rings is 1. The second-order valence-electron chi connectivity index (χ2n) is 5.96. The number of aromatic nitrogens is 1. The summed E-state index contributed by atoms with van der Waals surface area (Å²) < 4.78 is 0. The summed E-state index contributed by atoms with van der Waals surface area (Å²) in [5, 5.41) is 3.13. The van der Waals surface area contributed by atoms with Crippen LogP contribution < -0.4 is 5.32 Å². The molecule has 120 valence electrons. The van der Waals surface area contributed by atoms with E-state index in [9.17, 15) is 9.59 Å². The van der Waals surface area contributed by atoms with Gasteiger partial charge in [0.2, 0.25) is 11.8 Å². The van der Waals surface area contributed by atoms with Gasteiger partial charge in [0.05, 0.1) is 11.7 Å². The van der Waals surface area contributed by atoms with Crippen LogP contribution in [0.15, 0.2) is 18.3 Å². The number of likely N-dealkylation sites (tertiary alicyclic amines) is 1. The van der Waals surface area contributed by atoms with E-state index in [1.165, 1.54) is 0 Å². The first-order chi connectivity index (χ1) is 10.5. The third-order valence-corrected chi connectivity index (χ3v) is 4.42. The molecule has 0 saturated carbocycles. The summed E-state index contributed by atoms with van der Waals surface area (Å²) in [5.41, 5.74) is 2.04. The number of hydrogen-bond acceptors (Lipinski definition) is 3. The maximum atomic E-state index is 12.5. The summed E-state index contributed by atoms with van der Waals surface area (Å²) in [7, 11) is 0. The molecule has 0 bridgehead atoms. The first kappa shape index (κ1) is 16.5. The Labute approximate surface area is 132 Å². The molecule has 1 unspecified atom stereocenters. The van der Waals surface area contributed by atoms with E-state index in [-0.39, 0.29) is 23.8 Å². The summed E-state index contributed by atoms with van der Waals surface area (Å²) in [5.74, 6) is 0.170. The minimum absolute atomic E-state index is 0.00586. The van der Waals surface area contributed by atoms with Crippen molar-refractivity contribution in [2.24, 2.45) is 5.92 Å². The summed E-state index contributed by atoms with van der Waals surface area (Å²) in [6, 6.07) is 3.88. The van der Waals surface area contributed by atoms with Crippen LogP contribution in [-0.2, 0) is 9.59 Å². The lowest BCUT2D eigenvalue weighted by atomic mass is 9.95. The molecule has 5 nitrogen and oxygen atoms in total. The lowest BCUT2D eigenvalue weighted by Crippen LogP contribution is -2.43. The molecule has 1 aliphatic rings. The van der Waals surface area contributed by atoms with Crippen LogP contribution in [0, 0.1) is 12.8 Å². The fourth-order valence-electron chi connectivity index (χ4n) is 2.97. The normalized spacial score (nSPS) is 17.1. The zero-order valence-electron chi connectivity index (χ0n) is 13.6. The van der Waals surface area contributed by atoms with Crippen LogP contribution in [0.2, 0.25) is 0 Å². The molecule has 1 atom stereocenters. The zero-order valence-corrected chi connectivity index (χ0v) is 13.6. The summed E-state index contributed by atoms with van der Waals surface area (Å²) in [6.45, 7) is 7.00. The van der Waals surface area contributed by atoms with E-state index in [1.807, 2.05) is 24.0 Å². The standard InChI is InChI=1S/C17H25N3O2/c1-4-15(16-12(2)6-5-9-18-16)19-17(22)14-7-10-20(11-8-14)13(3)21/h5-6,9,14-15H,4,7-8,10-11H2,1-3H3,(H,19,22). The average molecular weight is 303 g/mol. The quantitative estimate of drug-likeness (QED) is 0.927. The number of nitrogens with zero attached hydrogens (tertiary/aromatic N) is 2. The number of nitrogens with one attached hydrogen (secondary N) is 1. The van der Waals surface area contributed by atoms with E-state index in [1.54, 1.807) is 13.1 Å². The predicted molar refractivity (Wildman–Crippen MR) is 85.1 cm³/mol. The Morgan fingerprint density at radius 2 is 2.09 bits per heavy atom. The van der Waals surface area contributed by atoms with E-state index >= 15 is 0 Å². The molecular weight excluding hydrogens is 278 g/mol. The summed E-state index contributed by atoms with van der Waals surface area (Å²) in [4.78, 5) is 30.1. The molecule has 1 fully saturated rings. The first-order valence-corrected chi connectivity index (χ1v) is 8.00. The monoisotopic (exact) mass is 303 g/mol. The molecule has 2 heterocycles. The molecule has 1 aliphatic heterocycles. The summed E-state index contributed by atoms with van der Waals surface area (Å²) >= 11 is 0. The highest BCUT2D eigenvalue weighted by molar-refractivity contribution is 5.80. The molecule has 2 rings (SSSR count). The van der Waals surface area contributed by atoms with E-state index in [0.29, 0.717) is 13.1 Å². The van der Waals surface area contributed by atoms with Gasteiger partial charge < -0.3 is 10.2 Å². The van der Waals surface area contributed by atoms with Crippen molar-refractivity contribution in [3.8, 4) is 0 Å². The SMILES string of the molecule is CCC(NC(=O)C1CCN(C(C)=O)CC1)c1ncccc1C. The number of amides is 2. The van der Waals surface area contributed by atoms with Gasteiger partial charge in [0.15, 0.2) is 0 Å². The Hall–Kier alpha value is -1.91. The molecule has 1 N–H and O–H groups in total. The van der Waals surface area contributed by atoms with Gasteiger partial charge in [-0.15, -0.1) is 0 Å². The molecule has 1 aromatic heterocycles. The van der Waals surface area contributed by atoms with Crippen molar-refractivity contribution in [3.05, 3.63) is 29.6 Å². The second-order valence-corrected chi connectivity index (χ2v) is 5.96. The Morgan fingerprint density at radius 3 is 2.64 bits per heavy atom. The third-order valence-electron chi connectivity index (χ3n) is 4.42. The highest BCUT2D eigenvalue weighted by Crippen LogP contribution is 2.22. The van der Waals surface area contributed by atoms with Crippen LogP contribution in [0.5, 0.6) is 0 Å². The van der Waals surface area contributed by atoms with Crippen LogP contribution >= 0.6 is 0 Å². The number of aryl methyl sites for hydroxylation is 1. The largest absolute Gasteiger partial charge is 0.347 e. The van der Waals surface area contributed by atoms with E-state index in [4.69, 9.17) is 0 Å². The van der Waals surface area contributed by atoms with Crippen molar-refractivity contribution >= 4 is 11.8 Å². The average Bonchev–Trinajstić information content (AvgIpc) is 2.53. The maximum Gasteiger partial charge on any atom is 0.223 e. The molecule has 1 aromatic rings. The molecule has 5 heteroatoms. The van der Waals surface area contributed by atoms with E-state index in [0.717, 1.165) is 30.5 Å². The Balaban J connectivity index is 1.96. The van der Waals surface area contributed by atoms with Gasteiger partial charge in [0.25, 0.3) is 0 Å². The first-order valence-electron chi connectivity index (χ1n) is 8.00.